The third kappa shape index (κ3) is 7.43. The average Bonchev–Trinajstić information content (AvgIpc) is 2.91. The first-order valence-corrected chi connectivity index (χ1v) is 12.3. The molecule has 4 aromatic rings. The number of nitrogens with one attached hydrogen (secondary N) is 2. The van der Waals surface area contributed by atoms with Crippen molar-refractivity contribution >= 4 is 22.4 Å². The molecule has 1 atom stereocenters. The molecule has 4 aromatic heterocycles. The van der Waals surface area contributed by atoms with Crippen LogP contribution in [0.1, 0.15) is 24.0 Å². The smallest absolute Gasteiger partial charge is 0.383 e. The highest BCUT2D eigenvalue weighted by Gasteiger charge is 2.38. The van der Waals surface area contributed by atoms with Crippen LogP contribution in [0.25, 0.3) is 22.3 Å². The molecule has 0 aromatic carbocycles. The number of alkyl halides is 8. The molecule has 4 rings (SSSR count). The van der Waals surface area contributed by atoms with Crippen molar-refractivity contribution in [2.45, 2.75) is 44.4 Å². The lowest BCUT2D eigenvalue weighted by atomic mass is 10.1. The van der Waals surface area contributed by atoms with Crippen LogP contribution in [0, 0.1) is 0 Å². The van der Waals surface area contributed by atoms with Gasteiger partial charge in [-0.3, -0.25) is 9.59 Å². The van der Waals surface area contributed by atoms with E-state index in [9.17, 15) is 44.7 Å². The van der Waals surface area contributed by atoms with Crippen LogP contribution in [0.5, 0.6) is 0 Å². The number of rotatable bonds is 10. The van der Waals surface area contributed by atoms with Crippen LogP contribution in [0.15, 0.2) is 52.3 Å². The molecule has 0 amide bonds. The number of anilines is 2. The number of aryl methyl sites for hydroxylation is 1. The van der Waals surface area contributed by atoms with E-state index in [1.807, 2.05) is 0 Å². The number of H-pyrrole nitrogens is 1. The minimum absolute atomic E-state index is 0.0140. The van der Waals surface area contributed by atoms with E-state index in [0.29, 0.717) is 6.20 Å². The van der Waals surface area contributed by atoms with Gasteiger partial charge in [0, 0.05) is 18.8 Å². The monoisotopic (exact) mass is 619 g/mol. The first kappa shape index (κ1) is 31.3. The van der Waals surface area contributed by atoms with Gasteiger partial charge in [0.2, 0.25) is 0 Å². The molecule has 10 nitrogen and oxygen atoms in total. The molecule has 0 aliphatic rings. The highest BCUT2D eigenvalue weighted by molar-refractivity contribution is 5.80. The topological polar surface area (TPSA) is 141 Å². The van der Waals surface area contributed by atoms with Crippen LogP contribution in [-0.4, -0.2) is 44.0 Å². The third-order valence-corrected chi connectivity index (χ3v) is 6.20. The van der Waals surface area contributed by atoms with Crippen molar-refractivity contribution in [3.8, 4) is 11.4 Å². The van der Waals surface area contributed by atoms with Crippen molar-refractivity contribution in [2.75, 3.05) is 17.7 Å². The van der Waals surface area contributed by atoms with E-state index < -0.39 is 65.4 Å². The summed E-state index contributed by atoms with van der Waals surface area (Å²) in [4.78, 5) is 32.8. The van der Waals surface area contributed by atoms with Gasteiger partial charge < -0.3 is 20.4 Å². The summed E-state index contributed by atoms with van der Waals surface area (Å²) in [5.41, 5.74) is 0.398. The molecule has 230 valence electrons. The van der Waals surface area contributed by atoms with Gasteiger partial charge in [-0.1, -0.05) is 0 Å². The second kappa shape index (κ2) is 12.3. The summed E-state index contributed by atoms with van der Waals surface area (Å²) in [5, 5.41) is 7.52. The van der Waals surface area contributed by atoms with E-state index in [-0.39, 0.29) is 41.7 Å². The largest absolute Gasteiger partial charge is 0.423 e. The Kier molecular flexibility index (Phi) is 8.98. The Morgan fingerprint density at radius 2 is 1.67 bits per heavy atom. The second-order valence-electron chi connectivity index (χ2n) is 9.13. The molecule has 43 heavy (non-hydrogen) atoms. The van der Waals surface area contributed by atoms with Gasteiger partial charge >= 0.3 is 19.0 Å². The third-order valence-electron chi connectivity index (χ3n) is 6.20. The number of hydrogen-bond donors (Lipinski definition) is 3. The minimum atomic E-state index is -5.06. The molecule has 0 radical (unpaired) electrons. The Morgan fingerprint density at radius 1 is 0.977 bits per heavy atom. The zero-order chi connectivity index (χ0) is 31.5. The normalized spacial score (nSPS) is 13.0. The molecule has 18 heteroatoms. The Balaban J connectivity index is 1.51. The van der Waals surface area contributed by atoms with E-state index in [1.165, 1.54) is 29.0 Å². The molecule has 4 heterocycles. The maximum atomic E-state index is 13.4. The lowest BCUT2D eigenvalue weighted by Gasteiger charge is -2.22. The molecule has 0 spiro atoms. The van der Waals surface area contributed by atoms with Crippen molar-refractivity contribution in [2.24, 2.45) is 0 Å². The molecule has 0 unspecified atom stereocenters. The zero-order valence-electron chi connectivity index (χ0n) is 21.6. The summed E-state index contributed by atoms with van der Waals surface area (Å²) < 4.78 is 110. The van der Waals surface area contributed by atoms with Crippen LogP contribution in [0.2, 0.25) is 0 Å². The van der Waals surface area contributed by atoms with Gasteiger partial charge in [-0.15, -0.1) is 0 Å². The van der Waals surface area contributed by atoms with Crippen LogP contribution in [0.3, 0.4) is 0 Å². The molecule has 0 fully saturated rings. The summed E-state index contributed by atoms with van der Waals surface area (Å²) in [5.74, 6) is -0.737. The first-order valence-electron chi connectivity index (χ1n) is 12.3. The van der Waals surface area contributed by atoms with Crippen molar-refractivity contribution in [1.29, 1.82) is 0 Å². The SMILES string of the molecule is Nc1nc(-c2ccc3c(=O)n(CCC[C@H](COC(F)F)Nc4cn[nH]c(=O)c4C(F)(F)F)ccc3n2)ccc1C(F)(F)F. The molecular weight excluding hydrogens is 598 g/mol. The van der Waals surface area contributed by atoms with E-state index in [2.05, 4.69) is 25.1 Å². The Bertz CT molecular complexity index is 1720. The highest BCUT2D eigenvalue weighted by Crippen LogP contribution is 2.34. The molecule has 0 saturated carbocycles. The maximum Gasteiger partial charge on any atom is 0.423 e. The van der Waals surface area contributed by atoms with Crippen LogP contribution in [-0.2, 0) is 23.6 Å². The van der Waals surface area contributed by atoms with Gasteiger partial charge in [-0.2, -0.15) is 40.2 Å². The fraction of sp³-hybridized carbons (Fsp3) is 0.320. The number of aromatic amines is 1. The number of nitrogen functional groups attached to an aromatic ring is 1. The summed E-state index contributed by atoms with van der Waals surface area (Å²) in [6.07, 6.45) is -7.63. The van der Waals surface area contributed by atoms with Crippen molar-refractivity contribution in [3.05, 3.63) is 74.6 Å². The number of pyridine rings is 3. The predicted molar refractivity (Wildman–Crippen MR) is 137 cm³/mol. The van der Waals surface area contributed by atoms with Gasteiger partial charge in [0.05, 0.1) is 46.3 Å². The number of nitrogens with two attached hydrogens (primary N) is 1. The lowest BCUT2D eigenvalue weighted by molar-refractivity contribution is -0.139. The molecule has 0 aliphatic heterocycles. The van der Waals surface area contributed by atoms with Gasteiger partial charge in [0.25, 0.3) is 11.1 Å². The predicted octanol–water partition coefficient (Wildman–Crippen LogP) is 4.66. The molecule has 0 aliphatic carbocycles. The number of hydrogen-bond acceptors (Lipinski definition) is 8. The summed E-state index contributed by atoms with van der Waals surface area (Å²) >= 11 is 0. The van der Waals surface area contributed by atoms with Crippen LogP contribution in [0.4, 0.5) is 46.6 Å². The fourth-order valence-electron chi connectivity index (χ4n) is 4.24. The van der Waals surface area contributed by atoms with E-state index in [1.54, 1.807) is 5.10 Å². The molecule has 0 saturated heterocycles. The summed E-state index contributed by atoms with van der Waals surface area (Å²) in [7, 11) is 0. The van der Waals surface area contributed by atoms with Crippen molar-refractivity contribution in [1.82, 2.24) is 24.7 Å². The molecular formula is C25H21F8N7O3. The zero-order valence-corrected chi connectivity index (χ0v) is 21.6. The van der Waals surface area contributed by atoms with Gasteiger partial charge in [-0.05, 0) is 43.2 Å². The van der Waals surface area contributed by atoms with Crippen LogP contribution >= 0.6 is 0 Å². The fourth-order valence-corrected chi connectivity index (χ4v) is 4.24. The van der Waals surface area contributed by atoms with Gasteiger partial charge in [0.1, 0.15) is 11.4 Å². The lowest BCUT2D eigenvalue weighted by Crippen LogP contribution is -2.32. The van der Waals surface area contributed by atoms with Crippen molar-refractivity contribution in [3.63, 3.8) is 0 Å². The number of halogens is 8. The van der Waals surface area contributed by atoms with Crippen LogP contribution < -0.4 is 22.2 Å². The number of aromatic nitrogens is 5. The maximum absolute atomic E-state index is 13.4. The van der Waals surface area contributed by atoms with E-state index in [4.69, 9.17) is 5.73 Å². The van der Waals surface area contributed by atoms with Gasteiger partial charge in [0.15, 0.2) is 0 Å². The highest BCUT2D eigenvalue weighted by atomic mass is 19.4. The number of ether oxygens (including phenoxy) is 1. The average molecular weight is 619 g/mol. The second-order valence-corrected chi connectivity index (χ2v) is 9.13. The molecule has 0 bridgehead atoms. The standard InChI is InChI=1S/C25H21F8N7O3/c26-23(27)43-11-12(36-18-10-35-39-21(41)19(18)25(31,32)33)2-1-8-40-9-7-15-13(22(40)42)3-5-16(37-15)17-6-4-14(20(34)38-17)24(28,29)30/h3-7,9-10,12,23H,1-2,8,11H2,(H2,34,38)(H2,36,39,41)/t12-/m1/s1. The van der Waals surface area contributed by atoms with Crippen molar-refractivity contribution < 1.29 is 39.9 Å². The van der Waals surface area contributed by atoms with E-state index >= 15 is 0 Å². The Labute approximate surface area is 235 Å². The quantitative estimate of drug-likeness (QED) is 0.218. The Morgan fingerprint density at radius 3 is 2.33 bits per heavy atom. The molecule has 4 N–H and O–H groups in total. The Hall–Kier alpha value is -4.61. The number of nitrogens with zero attached hydrogens (tertiary/aromatic N) is 4. The minimum Gasteiger partial charge on any atom is -0.383 e. The number of fused-ring (bicyclic) bond motifs is 1. The van der Waals surface area contributed by atoms with Gasteiger partial charge in [-0.25, -0.2) is 15.1 Å². The first-order chi connectivity index (χ1) is 20.1. The summed E-state index contributed by atoms with van der Waals surface area (Å²) in [6, 6.07) is 4.97. The van der Waals surface area contributed by atoms with E-state index in [0.717, 1.165) is 12.1 Å². The summed E-state index contributed by atoms with van der Waals surface area (Å²) in [6.45, 7) is -3.91.